The lowest BCUT2D eigenvalue weighted by Crippen LogP contribution is -2.33. The van der Waals surface area contributed by atoms with Gasteiger partial charge in [0.05, 0.1) is 0 Å². The van der Waals surface area contributed by atoms with Crippen LogP contribution in [0.25, 0.3) is 0 Å². The number of allylic oxidation sites excluding steroid dienone is 2. The van der Waals surface area contributed by atoms with Crippen LogP contribution in [0.15, 0.2) is 30.4 Å². The van der Waals surface area contributed by atoms with E-state index in [1.54, 1.807) is 13.0 Å². The van der Waals surface area contributed by atoms with Gasteiger partial charge in [-0.15, -0.1) is 0 Å². The van der Waals surface area contributed by atoms with E-state index in [2.05, 4.69) is 12.2 Å². The number of nitrogens with zero attached hydrogens (tertiary/aromatic N) is 1. The number of hydrogen-bond donors (Lipinski definition) is 0. The number of carbonyl (C=O) groups excluding carboxylic acids is 1. The zero-order valence-corrected chi connectivity index (χ0v) is 12.5. The first-order valence-corrected chi connectivity index (χ1v) is 7.82. The van der Waals surface area contributed by atoms with Gasteiger partial charge in [-0.3, -0.25) is 4.79 Å². The van der Waals surface area contributed by atoms with Gasteiger partial charge in [0.1, 0.15) is 5.82 Å². The number of halogens is 1. The summed E-state index contributed by atoms with van der Waals surface area (Å²) in [5, 5.41) is 0. The highest BCUT2D eigenvalue weighted by atomic mass is 19.1. The molecule has 112 valence electrons. The molecule has 1 aliphatic carbocycles. The van der Waals surface area contributed by atoms with E-state index in [0.29, 0.717) is 17.4 Å². The van der Waals surface area contributed by atoms with Crippen LogP contribution in [0.2, 0.25) is 0 Å². The van der Waals surface area contributed by atoms with Crippen LogP contribution in [0.4, 0.5) is 4.39 Å². The van der Waals surface area contributed by atoms with Crippen LogP contribution in [0.3, 0.4) is 0 Å². The van der Waals surface area contributed by atoms with Gasteiger partial charge in [0.2, 0.25) is 5.91 Å². The topological polar surface area (TPSA) is 20.3 Å². The molecule has 0 aromatic heterocycles. The van der Waals surface area contributed by atoms with Gasteiger partial charge in [0.25, 0.3) is 0 Å². The summed E-state index contributed by atoms with van der Waals surface area (Å²) < 4.78 is 13.6. The monoisotopic (exact) mass is 287 g/mol. The lowest BCUT2D eigenvalue weighted by atomic mass is 9.98. The van der Waals surface area contributed by atoms with E-state index in [1.165, 1.54) is 0 Å². The Kier molecular flexibility index (Phi) is 4.09. The first-order valence-electron chi connectivity index (χ1n) is 7.82. The molecule has 1 aliphatic heterocycles. The van der Waals surface area contributed by atoms with E-state index < -0.39 is 0 Å². The Morgan fingerprint density at radius 3 is 2.81 bits per heavy atom. The normalized spacial score (nSPS) is 22.2. The molecule has 3 rings (SSSR count). The maximum Gasteiger partial charge on any atom is 0.226 e. The van der Waals surface area contributed by atoms with Gasteiger partial charge in [0.15, 0.2) is 0 Å². The van der Waals surface area contributed by atoms with Crippen LogP contribution in [-0.4, -0.2) is 23.9 Å². The van der Waals surface area contributed by atoms with Crippen LogP contribution in [0.1, 0.15) is 30.4 Å². The summed E-state index contributed by atoms with van der Waals surface area (Å²) in [6, 6.07) is 5.48. The van der Waals surface area contributed by atoms with Crippen molar-refractivity contribution in [3.8, 4) is 0 Å². The van der Waals surface area contributed by atoms with Crippen molar-refractivity contribution in [3.05, 3.63) is 47.3 Å². The Labute approximate surface area is 125 Å². The minimum absolute atomic E-state index is 0.129. The Balaban J connectivity index is 1.56. The van der Waals surface area contributed by atoms with Gasteiger partial charge in [-0.1, -0.05) is 24.3 Å². The van der Waals surface area contributed by atoms with E-state index in [0.717, 1.165) is 44.3 Å². The number of hydrogen-bond acceptors (Lipinski definition) is 1. The predicted molar refractivity (Wildman–Crippen MR) is 81.4 cm³/mol. The summed E-state index contributed by atoms with van der Waals surface area (Å²) in [4.78, 5) is 14.4. The molecule has 0 N–H and O–H groups in total. The molecular formula is C18H22FNO. The molecule has 1 fully saturated rings. The molecule has 0 spiro atoms. The van der Waals surface area contributed by atoms with Crippen LogP contribution in [0.5, 0.6) is 0 Å². The number of aryl methyl sites for hydroxylation is 1. The van der Waals surface area contributed by atoms with Gasteiger partial charge in [0, 0.05) is 19.0 Å². The van der Waals surface area contributed by atoms with Crippen molar-refractivity contribution in [1.82, 2.24) is 4.90 Å². The molecule has 1 amide bonds. The van der Waals surface area contributed by atoms with Gasteiger partial charge in [-0.25, -0.2) is 4.39 Å². The predicted octanol–water partition coefficient (Wildman–Crippen LogP) is 3.49. The van der Waals surface area contributed by atoms with Gasteiger partial charge < -0.3 is 4.90 Å². The van der Waals surface area contributed by atoms with E-state index in [-0.39, 0.29) is 11.7 Å². The maximum absolute atomic E-state index is 13.6. The molecule has 1 heterocycles. The van der Waals surface area contributed by atoms with Crippen molar-refractivity contribution in [2.45, 2.75) is 32.6 Å². The molecule has 2 aliphatic rings. The highest BCUT2D eigenvalue weighted by molar-refractivity contribution is 5.80. The third-order valence-corrected chi connectivity index (χ3v) is 4.72. The molecule has 3 heteroatoms. The molecule has 1 aromatic rings. The summed E-state index contributed by atoms with van der Waals surface area (Å²) in [5.41, 5.74) is 1.73. The average molecular weight is 287 g/mol. The summed E-state index contributed by atoms with van der Waals surface area (Å²) in [7, 11) is 0. The fraction of sp³-hybridized carbons (Fsp3) is 0.500. The number of likely N-dealkylation sites (tertiary alicyclic amines) is 1. The SMILES string of the molecule is Cc1ccc(CC2CCN(C(=O)C3CC=CC3)C2)cc1F. The van der Waals surface area contributed by atoms with Gasteiger partial charge in [-0.2, -0.15) is 0 Å². The molecule has 1 aromatic carbocycles. The second kappa shape index (κ2) is 6.00. The molecule has 2 nitrogen and oxygen atoms in total. The second-order valence-electron chi connectivity index (χ2n) is 6.37. The third-order valence-electron chi connectivity index (χ3n) is 4.72. The fourth-order valence-electron chi connectivity index (χ4n) is 3.37. The van der Waals surface area contributed by atoms with Gasteiger partial charge >= 0.3 is 0 Å². The van der Waals surface area contributed by atoms with Crippen LogP contribution in [-0.2, 0) is 11.2 Å². The summed E-state index contributed by atoms with van der Waals surface area (Å²) in [6.07, 6.45) is 7.88. The quantitative estimate of drug-likeness (QED) is 0.779. The molecule has 1 unspecified atom stereocenters. The first kappa shape index (κ1) is 14.3. The molecule has 0 bridgehead atoms. The molecule has 1 saturated heterocycles. The number of benzene rings is 1. The van der Waals surface area contributed by atoms with E-state index in [1.807, 2.05) is 17.0 Å². The zero-order chi connectivity index (χ0) is 14.8. The number of amides is 1. The molecular weight excluding hydrogens is 265 g/mol. The Bertz CT molecular complexity index is 558. The Hall–Kier alpha value is -1.64. The summed E-state index contributed by atoms with van der Waals surface area (Å²) >= 11 is 0. The van der Waals surface area contributed by atoms with Crippen molar-refractivity contribution < 1.29 is 9.18 Å². The van der Waals surface area contributed by atoms with Crippen molar-refractivity contribution in [2.75, 3.05) is 13.1 Å². The molecule has 0 radical (unpaired) electrons. The highest BCUT2D eigenvalue weighted by Crippen LogP contribution is 2.26. The van der Waals surface area contributed by atoms with Crippen LogP contribution < -0.4 is 0 Å². The minimum Gasteiger partial charge on any atom is -0.342 e. The molecule has 1 atom stereocenters. The lowest BCUT2D eigenvalue weighted by Gasteiger charge is -2.20. The largest absolute Gasteiger partial charge is 0.342 e. The maximum atomic E-state index is 13.6. The second-order valence-corrected chi connectivity index (χ2v) is 6.37. The van der Waals surface area contributed by atoms with Crippen molar-refractivity contribution in [3.63, 3.8) is 0 Å². The van der Waals surface area contributed by atoms with Crippen LogP contribution in [0, 0.1) is 24.6 Å². The standard InChI is InChI=1S/C18H22FNO/c1-13-6-7-14(11-17(13)19)10-15-8-9-20(12-15)18(21)16-4-2-3-5-16/h2-3,6-7,11,15-16H,4-5,8-10,12H2,1H3. The van der Waals surface area contributed by atoms with Crippen molar-refractivity contribution in [2.24, 2.45) is 11.8 Å². The molecule has 0 saturated carbocycles. The fourth-order valence-corrected chi connectivity index (χ4v) is 3.37. The smallest absolute Gasteiger partial charge is 0.226 e. The summed E-state index contributed by atoms with van der Waals surface area (Å²) in [5.74, 6) is 0.805. The number of rotatable bonds is 3. The third kappa shape index (κ3) is 3.17. The van der Waals surface area contributed by atoms with Crippen LogP contribution >= 0.6 is 0 Å². The average Bonchev–Trinajstić information content (AvgIpc) is 3.13. The van der Waals surface area contributed by atoms with E-state index >= 15 is 0 Å². The zero-order valence-electron chi connectivity index (χ0n) is 12.5. The number of carbonyl (C=O) groups is 1. The van der Waals surface area contributed by atoms with Crippen molar-refractivity contribution in [1.29, 1.82) is 0 Å². The lowest BCUT2D eigenvalue weighted by molar-refractivity contribution is -0.134. The Morgan fingerprint density at radius 1 is 1.33 bits per heavy atom. The minimum atomic E-state index is -0.129. The van der Waals surface area contributed by atoms with Crippen molar-refractivity contribution >= 4 is 5.91 Å². The first-order chi connectivity index (χ1) is 10.1. The van der Waals surface area contributed by atoms with E-state index in [4.69, 9.17) is 0 Å². The summed E-state index contributed by atoms with van der Waals surface area (Å²) in [6.45, 7) is 3.46. The highest BCUT2D eigenvalue weighted by Gasteiger charge is 2.30. The van der Waals surface area contributed by atoms with E-state index in [9.17, 15) is 9.18 Å². The Morgan fingerprint density at radius 2 is 2.10 bits per heavy atom. The van der Waals surface area contributed by atoms with Gasteiger partial charge in [-0.05, 0) is 55.7 Å². The molecule has 21 heavy (non-hydrogen) atoms.